The number of nitrogens with one attached hydrogen (secondary N) is 2. The number of amides is 2. The van der Waals surface area contributed by atoms with E-state index in [4.69, 9.17) is 16.7 Å². The molecule has 0 fully saturated rings. The molecular formula is C19H17ClN2O4S. The minimum absolute atomic E-state index is 0.156. The molecule has 140 valence electrons. The second-order valence-electron chi connectivity index (χ2n) is 5.49. The standard InChI is InChI=1S/C19H17ClN2O4S/c1-12-2-3-14(10-16(12)20)22-18(24)11-27-15-6-4-13(5-7-15)21-17(23)8-9-19(25)26/h2-10H,11H2,1H3,(H,21,23)(H,22,24)(H,25,26)/b9-8+. The molecule has 0 aliphatic carbocycles. The first kappa shape index (κ1) is 20.5. The largest absolute Gasteiger partial charge is 0.478 e. The van der Waals surface area contributed by atoms with Gasteiger partial charge in [-0.15, -0.1) is 11.8 Å². The van der Waals surface area contributed by atoms with Gasteiger partial charge in [0.25, 0.3) is 0 Å². The fourth-order valence-corrected chi connectivity index (χ4v) is 2.86. The van der Waals surface area contributed by atoms with Crippen molar-refractivity contribution in [1.82, 2.24) is 0 Å². The van der Waals surface area contributed by atoms with Gasteiger partial charge in [0.1, 0.15) is 0 Å². The second kappa shape index (κ2) is 9.80. The Hall–Kier alpha value is -2.77. The molecule has 6 nitrogen and oxygen atoms in total. The van der Waals surface area contributed by atoms with Crippen LogP contribution < -0.4 is 10.6 Å². The zero-order valence-electron chi connectivity index (χ0n) is 14.4. The van der Waals surface area contributed by atoms with Crippen molar-refractivity contribution in [2.24, 2.45) is 0 Å². The van der Waals surface area contributed by atoms with Crippen LogP contribution in [0.4, 0.5) is 11.4 Å². The lowest BCUT2D eigenvalue weighted by Crippen LogP contribution is -2.14. The molecular weight excluding hydrogens is 388 g/mol. The highest BCUT2D eigenvalue weighted by Gasteiger charge is 2.06. The Labute approximate surface area is 165 Å². The third kappa shape index (κ3) is 7.16. The SMILES string of the molecule is Cc1ccc(NC(=O)CSc2ccc(NC(=O)/C=C/C(=O)O)cc2)cc1Cl. The normalized spacial score (nSPS) is 10.6. The van der Waals surface area contributed by atoms with E-state index in [1.807, 2.05) is 13.0 Å². The topological polar surface area (TPSA) is 95.5 Å². The van der Waals surface area contributed by atoms with Gasteiger partial charge in [-0.2, -0.15) is 0 Å². The summed E-state index contributed by atoms with van der Waals surface area (Å²) in [7, 11) is 0. The van der Waals surface area contributed by atoms with E-state index in [-0.39, 0.29) is 11.7 Å². The van der Waals surface area contributed by atoms with E-state index in [9.17, 15) is 14.4 Å². The number of carbonyl (C=O) groups is 3. The third-order valence-electron chi connectivity index (χ3n) is 3.32. The zero-order chi connectivity index (χ0) is 19.8. The number of carbonyl (C=O) groups excluding carboxylic acids is 2. The van der Waals surface area contributed by atoms with Gasteiger partial charge in [0, 0.05) is 33.4 Å². The maximum atomic E-state index is 12.0. The molecule has 0 radical (unpaired) electrons. The summed E-state index contributed by atoms with van der Waals surface area (Å²) < 4.78 is 0. The number of carboxylic acids is 1. The third-order valence-corrected chi connectivity index (χ3v) is 4.74. The number of rotatable bonds is 7. The number of carboxylic acid groups (broad SMARTS) is 1. The minimum atomic E-state index is -1.19. The van der Waals surface area contributed by atoms with Gasteiger partial charge in [-0.1, -0.05) is 17.7 Å². The highest BCUT2D eigenvalue weighted by atomic mass is 35.5. The molecule has 0 saturated heterocycles. The Kier molecular flexibility index (Phi) is 7.45. The molecule has 0 atom stereocenters. The number of thioether (sulfide) groups is 1. The average molecular weight is 405 g/mol. The van der Waals surface area contributed by atoms with Crippen molar-refractivity contribution in [1.29, 1.82) is 0 Å². The predicted octanol–water partition coefficient (Wildman–Crippen LogP) is 3.96. The van der Waals surface area contributed by atoms with Crippen LogP contribution in [-0.2, 0) is 14.4 Å². The molecule has 0 unspecified atom stereocenters. The Balaban J connectivity index is 1.83. The van der Waals surface area contributed by atoms with Crippen LogP contribution >= 0.6 is 23.4 Å². The van der Waals surface area contributed by atoms with Crippen LogP contribution in [0, 0.1) is 6.92 Å². The molecule has 8 heteroatoms. The second-order valence-corrected chi connectivity index (χ2v) is 6.94. The van der Waals surface area contributed by atoms with Crippen LogP contribution in [0.25, 0.3) is 0 Å². The molecule has 2 aromatic carbocycles. The van der Waals surface area contributed by atoms with Gasteiger partial charge in [-0.3, -0.25) is 9.59 Å². The summed E-state index contributed by atoms with van der Waals surface area (Å²) in [5.41, 5.74) is 2.11. The molecule has 0 heterocycles. The van der Waals surface area contributed by atoms with E-state index in [0.29, 0.717) is 16.4 Å². The molecule has 3 N–H and O–H groups in total. The Morgan fingerprint density at radius 3 is 2.33 bits per heavy atom. The lowest BCUT2D eigenvalue weighted by Gasteiger charge is -2.07. The van der Waals surface area contributed by atoms with Crippen molar-refractivity contribution in [3.8, 4) is 0 Å². The first-order valence-electron chi connectivity index (χ1n) is 7.84. The lowest BCUT2D eigenvalue weighted by atomic mass is 10.2. The van der Waals surface area contributed by atoms with Crippen molar-refractivity contribution < 1.29 is 19.5 Å². The lowest BCUT2D eigenvalue weighted by molar-refractivity contribution is -0.131. The monoisotopic (exact) mass is 404 g/mol. The quantitative estimate of drug-likeness (QED) is 0.479. The number of hydrogen-bond donors (Lipinski definition) is 3. The summed E-state index contributed by atoms with van der Waals surface area (Å²) in [5.74, 6) is -1.66. The van der Waals surface area contributed by atoms with E-state index < -0.39 is 11.9 Å². The van der Waals surface area contributed by atoms with Gasteiger partial charge < -0.3 is 15.7 Å². The number of anilines is 2. The molecule has 2 rings (SSSR count). The van der Waals surface area contributed by atoms with Gasteiger partial charge in [0.2, 0.25) is 11.8 Å². The minimum Gasteiger partial charge on any atom is -0.478 e. The number of aryl methyl sites for hydroxylation is 1. The Morgan fingerprint density at radius 2 is 1.70 bits per heavy atom. The zero-order valence-corrected chi connectivity index (χ0v) is 15.9. The van der Waals surface area contributed by atoms with Crippen molar-refractivity contribution in [3.05, 3.63) is 65.2 Å². The Morgan fingerprint density at radius 1 is 1.04 bits per heavy atom. The van der Waals surface area contributed by atoms with Gasteiger partial charge in [0.15, 0.2) is 0 Å². The fraction of sp³-hybridized carbons (Fsp3) is 0.105. The van der Waals surface area contributed by atoms with E-state index in [1.54, 1.807) is 36.4 Å². The fourth-order valence-electron chi connectivity index (χ4n) is 1.98. The molecule has 0 aromatic heterocycles. The Bertz CT molecular complexity index is 882. The van der Waals surface area contributed by atoms with Crippen molar-refractivity contribution in [3.63, 3.8) is 0 Å². The van der Waals surface area contributed by atoms with Crippen LogP contribution in [0.2, 0.25) is 5.02 Å². The van der Waals surface area contributed by atoms with Crippen LogP contribution in [0.5, 0.6) is 0 Å². The van der Waals surface area contributed by atoms with Crippen molar-refractivity contribution >= 4 is 52.5 Å². The van der Waals surface area contributed by atoms with Crippen LogP contribution in [0.3, 0.4) is 0 Å². The summed E-state index contributed by atoms with van der Waals surface area (Å²) in [6, 6.07) is 12.2. The van der Waals surface area contributed by atoms with Gasteiger partial charge in [0.05, 0.1) is 5.75 Å². The molecule has 27 heavy (non-hydrogen) atoms. The maximum Gasteiger partial charge on any atom is 0.328 e. The number of aliphatic carboxylic acids is 1. The van der Waals surface area contributed by atoms with Crippen LogP contribution in [0.1, 0.15) is 5.56 Å². The molecule has 0 saturated carbocycles. The molecule has 2 aromatic rings. The van der Waals surface area contributed by atoms with Gasteiger partial charge in [-0.05, 0) is 48.9 Å². The highest BCUT2D eigenvalue weighted by Crippen LogP contribution is 2.22. The first-order chi connectivity index (χ1) is 12.8. The number of halogens is 1. The van der Waals surface area contributed by atoms with Crippen LogP contribution in [0.15, 0.2) is 59.5 Å². The summed E-state index contributed by atoms with van der Waals surface area (Å²) in [6.07, 6.45) is 1.70. The summed E-state index contributed by atoms with van der Waals surface area (Å²) in [6.45, 7) is 1.89. The smallest absolute Gasteiger partial charge is 0.328 e. The van der Waals surface area contributed by atoms with Crippen LogP contribution in [-0.4, -0.2) is 28.6 Å². The summed E-state index contributed by atoms with van der Waals surface area (Å²) in [4.78, 5) is 34.8. The summed E-state index contributed by atoms with van der Waals surface area (Å²) >= 11 is 7.38. The first-order valence-corrected chi connectivity index (χ1v) is 9.20. The van der Waals surface area contributed by atoms with Gasteiger partial charge in [-0.25, -0.2) is 4.79 Å². The molecule has 0 aliphatic heterocycles. The van der Waals surface area contributed by atoms with Crippen molar-refractivity contribution in [2.45, 2.75) is 11.8 Å². The van der Waals surface area contributed by atoms with E-state index in [1.165, 1.54) is 11.8 Å². The van der Waals surface area contributed by atoms with Gasteiger partial charge >= 0.3 is 5.97 Å². The van der Waals surface area contributed by atoms with E-state index in [0.717, 1.165) is 22.6 Å². The average Bonchev–Trinajstić information content (AvgIpc) is 2.62. The highest BCUT2D eigenvalue weighted by molar-refractivity contribution is 8.00. The number of benzene rings is 2. The molecule has 0 aliphatic rings. The number of hydrogen-bond acceptors (Lipinski definition) is 4. The predicted molar refractivity (Wildman–Crippen MR) is 107 cm³/mol. The molecule has 2 amide bonds. The molecule has 0 bridgehead atoms. The molecule has 0 spiro atoms. The maximum absolute atomic E-state index is 12.0. The summed E-state index contributed by atoms with van der Waals surface area (Å²) in [5, 5.41) is 14.4. The van der Waals surface area contributed by atoms with E-state index >= 15 is 0 Å². The van der Waals surface area contributed by atoms with E-state index in [2.05, 4.69) is 10.6 Å². The van der Waals surface area contributed by atoms with Crippen molar-refractivity contribution in [2.75, 3.05) is 16.4 Å².